The second kappa shape index (κ2) is 9.01. The van der Waals surface area contributed by atoms with Gasteiger partial charge in [0.15, 0.2) is 0 Å². The molecule has 0 aliphatic carbocycles. The molecule has 0 radical (unpaired) electrons. The third-order valence-corrected chi connectivity index (χ3v) is 7.43. The Bertz CT molecular complexity index is 1340. The summed E-state index contributed by atoms with van der Waals surface area (Å²) in [6, 6.07) is 24.0. The predicted octanol–water partition coefficient (Wildman–Crippen LogP) is 4.83. The molecule has 1 aromatic heterocycles. The number of para-hydroxylation sites is 1. The molecule has 4 rings (SSSR count). The van der Waals surface area contributed by atoms with Crippen LogP contribution in [-0.4, -0.2) is 30.3 Å². The van der Waals surface area contributed by atoms with Crippen LogP contribution in [0.5, 0.6) is 0 Å². The first kappa shape index (κ1) is 21.8. The van der Waals surface area contributed by atoms with E-state index in [9.17, 15) is 13.2 Å². The second-order valence-corrected chi connectivity index (χ2v) is 9.77. The second-order valence-electron chi connectivity index (χ2n) is 7.85. The quantitative estimate of drug-likeness (QED) is 0.408. The van der Waals surface area contributed by atoms with Gasteiger partial charge in [-0.1, -0.05) is 66.2 Å². The fraction of sp³-hybridized carbons (Fsp3) is 0.192. The van der Waals surface area contributed by atoms with Crippen molar-refractivity contribution in [1.29, 1.82) is 0 Å². The van der Waals surface area contributed by atoms with Gasteiger partial charge >= 0.3 is 0 Å². The molecule has 1 amide bonds. The van der Waals surface area contributed by atoms with E-state index >= 15 is 0 Å². The minimum atomic E-state index is -3.72. The summed E-state index contributed by atoms with van der Waals surface area (Å²) in [7, 11) is -3.72. The van der Waals surface area contributed by atoms with Crippen molar-refractivity contribution < 1.29 is 13.2 Å². The molecule has 3 aromatic carbocycles. The van der Waals surface area contributed by atoms with Crippen molar-refractivity contribution in [3.8, 4) is 0 Å². The molecular weight excluding hydrogens is 420 g/mol. The molecule has 0 atom stereocenters. The highest BCUT2D eigenvalue weighted by molar-refractivity contribution is 7.91. The number of sulfone groups is 1. The minimum absolute atomic E-state index is 0.0589. The normalized spacial score (nSPS) is 11.6. The van der Waals surface area contributed by atoms with Gasteiger partial charge in [0.25, 0.3) is 0 Å². The van der Waals surface area contributed by atoms with Gasteiger partial charge in [-0.15, -0.1) is 0 Å². The van der Waals surface area contributed by atoms with Crippen LogP contribution in [0.15, 0.2) is 94.9 Å². The summed E-state index contributed by atoms with van der Waals surface area (Å²) >= 11 is 0. The summed E-state index contributed by atoms with van der Waals surface area (Å²) in [5.74, 6) is -0.0589. The third kappa shape index (κ3) is 4.32. The smallest absolute Gasteiger partial charge is 0.242 e. The van der Waals surface area contributed by atoms with E-state index in [1.807, 2.05) is 62.4 Å². The summed E-state index contributed by atoms with van der Waals surface area (Å²) in [6.45, 7) is 5.03. The third-order valence-electron chi connectivity index (χ3n) is 5.63. The molecule has 0 aliphatic rings. The number of nitrogens with zero attached hydrogens (tertiary/aromatic N) is 2. The lowest BCUT2D eigenvalue weighted by molar-refractivity contribution is -0.132. The Labute approximate surface area is 188 Å². The maximum atomic E-state index is 13.4. The monoisotopic (exact) mass is 446 g/mol. The highest BCUT2D eigenvalue weighted by Crippen LogP contribution is 2.30. The molecule has 0 N–H and O–H groups in total. The number of hydrogen-bond donors (Lipinski definition) is 0. The molecule has 0 saturated carbocycles. The molecular formula is C26H26N2O3S. The molecule has 0 aliphatic heterocycles. The van der Waals surface area contributed by atoms with Gasteiger partial charge in [-0.05, 0) is 37.6 Å². The molecule has 1 heterocycles. The number of carbonyl (C=O) groups is 1. The van der Waals surface area contributed by atoms with Crippen LogP contribution in [-0.2, 0) is 27.7 Å². The van der Waals surface area contributed by atoms with E-state index in [-0.39, 0.29) is 22.2 Å². The van der Waals surface area contributed by atoms with Gasteiger partial charge in [0.2, 0.25) is 15.7 Å². The van der Waals surface area contributed by atoms with E-state index in [4.69, 9.17) is 0 Å². The number of amides is 1. The zero-order valence-electron chi connectivity index (χ0n) is 18.2. The van der Waals surface area contributed by atoms with E-state index in [1.54, 1.807) is 46.0 Å². The lowest BCUT2D eigenvalue weighted by Crippen LogP contribution is -2.33. The molecule has 0 bridgehead atoms. The van der Waals surface area contributed by atoms with Gasteiger partial charge in [0, 0.05) is 30.2 Å². The fourth-order valence-electron chi connectivity index (χ4n) is 3.83. The molecule has 4 aromatic rings. The maximum absolute atomic E-state index is 13.4. The van der Waals surface area contributed by atoms with Gasteiger partial charge in [-0.25, -0.2) is 8.42 Å². The Morgan fingerprint density at radius 3 is 2.25 bits per heavy atom. The van der Waals surface area contributed by atoms with Crippen molar-refractivity contribution in [3.63, 3.8) is 0 Å². The van der Waals surface area contributed by atoms with Crippen molar-refractivity contribution in [2.24, 2.45) is 0 Å². The van der Waals surface area contributed by atoms with E-state index in [0.717, 1.165) is 16.6 Å². The molecule has 32 heavy (non-hydrogen) atoms. The Morgan fingerprint density at radius 1 is 0.906 bits per heavy atom. The highest BCUT2D eigenvalue weighted by atomic mass is 32.2. The van der Waals surface area contributed by atoms with Crippen LogP contribution in [0.25, 0.3) is 10.9 Å². The van der Waals surface area contributed by atoms with Crippen LogP contribution in [0.4, 0.5) is 0 Å². The van der Waals surface area contributed by atoms with Gasteiger partial charge in [0.05, 0.1) is 9.79 Å². The standard InChI is InChI=1S/C26H26N2O3S/c1-3-27(17-21-9-5-4-6-10-21)26(29)19-28-18-25(23-11-7-8-12-24(23)28)32(30,31)22-15-13-20(2)14-16-22/h4-16,18H,3,17,19H2,1-2H3. The Hall–Kier alpha value is -3.38. The SMILES string of the molecule is CCN(Cc1ccccc1)C(=O)Cn1cc(S(=O)(=O)c2ccc(C)cc2)c2ccccc21. The first-order valence-corrected chi connectivity index (χ1v) is 12.1. The molecule has 0 fully saturated rings. The first-order chi connectivity index (χ1) is 15.4. The van der Waals surface area contributed by atoms with Gasteiger partial charge in [-0.3, -0.25) is 4.79 Å². The van der Waals surface area contributed by atoms with Crippen LogP contribution >= 0.6 is 0 Å². The van der Waals surface area contributed by atoms with E-state index in [1.165, 1.54) is 0 Å². The lowest BCUT2D eigenvalue weighted by atomic mass is 10.2. The summed E-state index contributed by atoms with van der Waals surface area (Å²) in [5.41, 5.74) is 2.78. The summed E-state index contributed by atoms with van der Waals surface area (Å²) in [6.07, 6.45) is 1.59. The Kier molecular flexibility index (Phi) is 6.15. The predicted molar refractivity (Wildman–Crippen MR) is 126 cm³/mol. The minimum Gasteiger partial charge on any atom is -0.337 e. The zero-order valence-corrected chi connectivity index (χ0v) is 19.0. The largest absolute Gasteiger partial charge is 0.337 e. The van der Waals surface area contributed by atoms with E-state index in [2.05, 4.69) is 0 Å². The van der Waals surface area contributed by atoms with Crippen molar-refractivity contribution in [3.05, 3.63) is 96.2 Å². The lowest BCUT2D eigenvalue weighted by Gasteiger charge is -2.21. The van der Waals surface area contributed by atoms with Crippen LogP contribution in [0, 0.1) is 6.92 Å². The van der Waals surface area contributed by atoms with Crippen molar-refractivity contribution in [2.45, 2.75) is 36.7 Å². The van der Waals surface area contributed by atoms with Crippen LogP contribution in [0.3, 0.4) is 0 Å². The Balaban J connectivity index is 1.68. The number of fused-ring (bicyclic) bond motifs is 1. The van der Waals surface area contributed by atoms with Crippen molar-refractivity contribution in [2.75, 3.05) is 6.54 Å². The van der Waals surface area contributed by atoms with Crippen molar-refractivity contribution in [1.82, 2.24) is 9.47 Å². The summed E-state index contributed by atoms with van der Waals surface area (Å²) < 4.78 is 28.5. The van der Waals surface area contributed by atoms with Gasteiger partial charge in [0.1, 0.15) is 6.54 Å². The van der Waals surface area contributed by atoms with Crippen molar-refractivity contribution >= 4 is 26.6 Å². The number of carbonyl (C=O) groups excluding carboxylic acids is 1. The topological polar surface area (TPSA) is 59.4 Å². The fourth-order valence-corrected chi connectivity index (χ4v) is 5.30. The molecule has 164 valence electrons. The van der Waals surface area contributed by atoms with Crippen LogP contribution in [0.1, 0.15) is 18.1 Å². The van der Waals surface area contributed by atoms with Gasteiger partial charge in [-0.2, -0.15) is 0 Å². The number of rotatable bonds is 7. The van der Waals surface area contributed by atoms with Crippen LogP contribution in [0.2, 0.25) is 0 Å². The molecule has 0 spiro atoms. The molecule has 0 unspecified atom stereocenters. The maximum Gasteiger partial charge on any atom is 0.242 e. The molecule has 0 saturated heterocycles. The summed E-state index contributed by atoms with van der Waals surface area (Å²) in [5, 5.41) is 0.618. The number of likely N-dealkylation sites (N-methyl/N-ethyl adjacent to an activating group) is 1. The summed E-state index contributed by atoms with van der Waals surface area (Å²) in [4.78, 5) is 15.4. The molecule has 5 nitrogen and oxygen atoms in total. The van der Waals surface area contributed by atoms with E-state index in [0.29, 0.717) is 18.5 Å². The number of benzene rings is 3. The number of aryl methyl sites for hydroxylation is 1. The molecule has 6 heteroatoms. The average molecular weight is 447 g/mol. The number of hydrogen-bond acceptors (Lipinski definition) is 3. The first-order valence-electron chi connectivity index (χ1n) is 10.6. The van der Waals surface area contributed by atoms with Crippen LogP contribution < -0.4 is 0 Å². The van der Waals surface area contributed by atoms with Gasteiger partial charge < -0.3 is 9.47 Å². The average Bonchev–Trinajstić information content (AvgIpc) is 3.17. The highest BCUT2D eigenvalue weighted by Gasteiger charge is 2.24. The Morgan fingerprint density at radius 2 is 1.56 bits per heavy atom. The number of aromatic nitrogens is 1. The van der Waals surface area contributed by atoms with E-state index < -0.39 is 9.84 Å². The zero-order chi connectivity index (χ0) is 22.7.